The lowest BCUT2D eigenvalue weighted by atomic mass is 10.0. The summed E-state index contributed by atoms with van der Waals surface area (Å²) in [6.45, 7) is 1.82. The van der Waals surface area contributed by atoms with Gasteiger partial charge in [0, 0.05) is 6.20 Å². The summed E-state index contributed by atoms with van der Waals surface area (Å²) in [5.41, 5.74) is 2.37. The van der Waals surface area contributed by atoms with Crippen molar-refractivity contribution < 1.29 is 15.0 Å². The summed E-state index contributed by atoms with van der Waals surface area (Å²) < 4.78 is 1.08. The number of aromatic carboxylic acids is 1. The molecule has 0 aliphatic heterocycles. The Morgan fingerprint density at radius 3 is 2.75 bits per heavy atom. The zero-order valence-corrected chi connectivity index (χ0v) is 12.6. The van der Waals surface area contributed by atoms with Crippen LogP contribution in [0.1, 0.15) is 21.5 Å². The second kappa shape index (κ2) is 5.85. The number of hydrogen-bond acceptors (Lipinski definition) is 5. The van der Waals surface area contributed by atoms with Crippen molar-refractivity contribution in [2.24, 2.45) is 0 Å². The number of nitrogens with zero attached hydrogens (tertiary/aromatic N) is 4. The highest BCUT2D eigenvalue weighted by Crippen LogP contribution is 2.33. The first-order chi connectivity index (χ1) is 11.5. The van der Waals surface area contributed by atoms with Gasteiger partial charge in [-0.05, 0) is 42.3 Å². The topological polar surface area (TPSA) is 112 Å². The predicted molar refractivity (Wildman–Crippen MR) is 84.9 cm³/mol. The van der Waals surface area contributed by atoms with Crippen molar-refractivity contribution >= 4 is 5.97 Å². The van der Waals surface area contributed by atoms with E-state index in [2.05, 4.69) is 16.2 Å². The molecule has 3 rings (SSSR count). The molecule has 0 bridgehead atoms. The Labute approximate surface area is 137 Å². The fraction of sp³-hybridized carbons (Fsp3) is 0.0588. The summed E-state index contributed by atoms with van der Waals surface area (Å²) in [5, 5.41) is 32.7. The number of pyridine rings is 1. The highest BCUT2D eigenvalue weighted by Gasteiger charge is 2.20. The first-order valence-electron chi connectivity index (χ1n) is 6.99. The molecule has 118 valence electrons. The fourth-order valence-electron chi connectivity index (χ4n) is 2.46. The molecule has 2 heterocycles. The third-order valence-corrected chi connectivity index (χ3v) is 3.61. The molecule has 0 aliphatic carbocycles. The van der Waals surface area contributed by atoms with Crippen molar-refractivity contribution in [1.82, 2.24) is 14.8 Å². The number of nitriles is 1. The van der Waals surface area contributed by atoms with Gasteiger partial charge in [0.2, 0.25) is 5.88 Å². The molecule has 0 saturated heterocycles. The molecular weight excluding hydrogens is 308 g/mol. The third-order valence-electron chi connectivity index (χ3n) is 3.61. The van der Waals surface area contributed by atoms with Crippen LogP contribution in [-0.2, 0) is 0 Å². The molecule has 0 spiro atoms. The summed E-state index contributed by atoms with van der Waals surface area (Å²) in [7, 11) is 0. The second-order valence-corrected chi connectivity index (χ2v) is 5.11. The van der Waals surface area contributed by atoms with Crippen molar-refractivity contribution in [3.8, 4) is 28.9 Å². The molecule has 2 aromatic heterocycles. The highest BCUT2D eigenvalue weighted by atomic mass is 16.4. The molecule has 0 saturated carbocycles. The molecule has 3 aromatic rings. The van der Waals surface area contributed by atoms with Crippen LogP contribution in [0.5, 0.6) is 5.88 Å². The Kier molecular flexibility index (Phi) is 3.72. The number of aromatic hydroxyl groups is 1. The summed E-state index contributed by atoms with van der Waals surface area (Å²) >= 11 is 0. The molecule has 24 heavy (non-hydrogen) atoms. The van der Waals surface area contributed by atoms with E-state index in [1.807, 2.05) is 6.92 Å². The molecule has 0 fully saturated rings. The van der Waals surface area contributed by atoms with E-state index in [1.54, 1.807) is 18.2 Å². The minimum absolute atomic E-state index is 0.0278. The van der Waals surface area contributed by atoms with Gasteiger partial charge >= 0.3 is 5.97 Å². The van der Waals surface area contributed by atoms with E-state index in [0.29, 0.717) is 16.7 Å². The normalized spacial score (nSPS) is 10.3. The van der Waals surface area contributed by atoms with E-state index in [1.165, 1.54) is 24.5 Å². The summed E-state index contributed by atoms with van der Waals surface area (Å²) in [4.78, 5) is 15.3. The van der Waals surface area contributed by atoms with Gasteiger partial charge in [0.1, 0.15) is 5.56 Å². The Morgan fingerprint density at radius 2 is 2.08 bits per heavy atom. The quantitative estimate of drug-likeness (QED) is 0.767. The lowest BCUT2D eigenvalue weighted by Crippen LogP contribution is -2.08. The molecule has 0 unspecified atom stereocenters. The number of carboxylic acids is 1. The van der Waals surface area contributed by atoms with Crippen molar-refractivity contribution in [2.75, 3.05) is 0 Å². The van der Waals surface area contributed by atoms with Crippen LogP contribution >= 0.6 is 0 Å². The summed E-state index contributed by atoms with van der Waals surface area (Å²) in [6, 6.07) is 10.00. The average molecular weight is 320 g/mol. The van der Waals surface area contributed by atoms with E-state index in [4.69, 9.17) is 5.26 Å². The van der Waals surface area contributed by atoms with Gasteiger partial charge in [0.25, 0.3) is 0 Å². The fourth-order valence-corrected chi connectivity index (χ4v) is 2.46. The van der Waals surface area contributed by atoms with E-state index >= 15 is 0 Å². The van der Waals surface area contributed by atoms with Crippen LogP contribution < -0.4 is 0 Å². The number of carbonyl (C=O) groups is 1. The average Bonchev–Trinajstić information content (AvgIpc) is 2.96. The smallest absolute Gasteiger partial charge is 0.339 e. The maximum absolute atomic E-state index is 11.3. The minimum atomic E-state index is -1.16. The van der Waals surface area contributed by atoms with E-state index in [9.17, 15) is 15.0 Å². The number of hydrogen-bond donors (Lipinski definition) is 2. The second-order valence-electron chi connectivity index (χ2n) is 5.11. The van der Waals surface area contributed by atoms with Crippen LogP contribution in [0.3, 0.4) is 0 Å². The van der Waals surface area contributed by atoms with Gasteiger partial charge < -0.3 is 10.2 Å². The van der Waals surface area contributed by atoms with Gasteiger partial charge in [0.05, 0.1) is 23.4 Å². The number of rotatable bonds is 3. The van der Waals surface area contributed by atoms with Gasteiger partial charge in [-0.1, -0.05) is 6.07 Å². The van der Waals surface area contributed by atoms with Crippen LogP contribution in [0.4, 0.5) is 0 Å². The van der Waals surface area contributed by atoms with Crippen molar-refractivity contribution in [3.63, 3.8) is 0 Å². The van der Waals surface area contributed by atoms with Gasteiger partial charge in [0.15, 0.2) is 5.82 Å². The highest BCUT2D eigenvalue weighted by molar-refractivity contribution is 5.91. The molecule has 2 N–H and O–H groups in total. The SMILES string of the molecule is Cc1cc(C#N)ccc1-c1cnn(-c2ncccc2C(=O)O)c1O. The number of aryl methyl sites for hydroxylation is 1. The van der Waals surface area contributed by atoms with E-state index in [-0.39, 0.29) is 17.3 Å². The molecule has 7 heteroatoms. The van der Waals surface area contributed by atoms with Gasteiger partial charge in [-0.2, -0.15) is 15.0 Å². The first kappa shape index (κ1) is 15.2. The standard InChI is InChI=1S/C17H12N4O3/c1-10-7-11(8-18)4-5-12(10)14-9-20-21(16(14)22)15-13(17(23)24)3-2-6-19-15/h2-7,9,22H,1H3,(H,23,24). The van der Waals surface area contributed by atoms with Crippen LogP contribution in [0.25, 0.3) is 16.9 Å². The molecule has 0 aliphatic rings. The molecule has 0 atom stereocenters. The Morgan fingerprint density at radius 1 is 1.29 bits per heavy atom. The molecule has 1 aromatic carbocycles. The van der Waals surface area contributed by atoms with Crippen LogP contribution in [0.2, 0.25) is 0 Å². The zero-order chi connectivity index (χ0) is 17.3. The van der Waals surface area contributed by atoms with Gasteiger partial charge in [-0.3, -0.25) is 0 Å². The minimum Gasteiger partial charge on any atom is -0.493 e. The zero-order valence-electron chi connectivity index (χ0n) is 12.6. The van der Waals surface area contributed by atoms with Gasteiger partial charge in [-0.25, -0.2) is 9.78 Å². The molecule has 0 radical (unpaired) electrons. The van der Waals surface area contributed by atoms with E-state index < -0.39 is 5.97 Å². The maximum atomic E-state index is 11.3. The third kappa shape index (κ3) is 2.46. The Balaban J connectivity index is 2.14. The van der Waals surface area contributed by atoms with E-state index in [0.717, 1.165) is 10.2 Å². The number of benzene rings is 1. The number of carboxylic acid groups (broad SMARTS) is 1. The lowest BCUT2D eigenvalue weighted by molar-refractivity contribution is 0.0696. The molecular formula is C17H12N4O3. The van der Waals surface area contributed by atoms with Crippen LogP contribution in [0.15, 0.2) is 42.7 Å². The molecule has 0 amide bonds. The lowest BCUT2D eigenvalue weighted by Gasteiger charge is -2.07. The Bertz CT molecular complexity index is 986. The van der Waals surface area contributed by atoms with Crippen molar-refractivity contribution in [3.05, 3.63) is 59.4 Å². The van der Waals surface area contributed by atoms with Crippen molar-refractivity contribution in [2.45, 2.75) is 6.92 Å². The summed E-state index contributed by atoms with van der Waals surface area (Å²) in [6.07, 6.45) is 2.86. The van der Waals surface area contributed by atoms with Crippen LogP contribution in [0, 0.1) is 18.3 Å². The summed E-state index contributed by atoms with van der Waals surface area (Å²) in [5.74, 6) is -1.35. The number of aromatic nitrogens is 3. The van der Waals surface area contributed by atoms with Gasteiger partial charge in [-0.15, -0.1) is 0 Å². The predicted octanol–water partition coefficient (Wildman–Crippen LogP) is 2.52. The molecule has 7 nitrogen and oxygen atoms in total. The first-order valence-corrected chi connectivity index (χ1v) is 6.99. The van der Waals surface area contributed by atoms with Crippen LogP contribution in [-0.4, -0.2) is 30.9 Å². The monoisotopic (exact) mass is 320 g/mol. The largest absolute Gasteiger partial charge is 0.493 e. The van der Waals surface area contributed by atoms with Crippen molar-refractivity contribution in [1.29, 1.82) is 5.26 Å². The maximum Gasteiger partial charge on any atom is 0.339 e. The Hall–Kier alpha value is -3.66.